The predicted molar refractivity (Wildman–Crippen MR) is 60.4 cm³/mol. The first-order chi connectivity index (χ1) is 6.87. The lowest BCUT2D eigenvalue weighted by molar-refractivity contribution is 0.0225. The van der Waals surface area contributed by atoms with Gasteiger partial charge in [0.15, 0.2) is 0 Å². The molecule has 0 aliphatic rings. The van der Waals surface area contributed by atoms with E-state index in [-0.39, 0.29) is 5.75 Å². The Bertz CT molecular complexity index is 416. The maximum atomic E-state index is 11.1. The fourth-order valence-electron chi connectivity index (χ4n) is 1.38. The maximum absolute atomic E-state index is 11.1. The SMILES string of the molecule is CO[C@@](C)(CS(=O)(=O)Cl)c1ccccc1. The van der Waals surface area contributed by atoms with Gasteiger partial charge in [-0.15, -0.1) is 0 Å². The van der Waals surface area contributed by atoms with Crippen molar-refractivity contribution >= 4 is 19.7 Å². The highest BCUT2D eigenvalue weighted by Crippen LogP contribution is 2.27. The first-order valence-electron chi connectivity index (χ1n) is 4.40. The molecule has 1 aromatic rings. The smallest absolute Gasteiger partial charge is 0.235 e. The van der Waals surface area contributed by atoms with Crippen LogP contribution in [0.15, 0.2) is 30.3 Å². The number of ether oxygens (including phenoxy) is 1. The molecular weight excluding hydrogens is 236 g/mol. The molecule has 15 heavy (non-hydrogen) atoms. The van der Waals surface area contributed by atoms with Gasteiger partial charge in [-0.05, 0) is 12.5 Å². The molecule has 0 radical (unpaired) electrons. The van der Waals surface area contributed by atoms with Crippen LogP contribution in [-0.2, 0) is 19.4 Å². The van der Waals surface area contributed by atoms with E-state index in [4.69, 9.17) is 15.4 Å². The molecule has 0 fully saturated rings. The summed E-state index contributed by atoms with van der Waals surface area (Å²) in [6.45, 7) is 1.70. The van der Waals surface area contributed by atoms with Crippen LogP contribution in [0.4, 0.5) is 0 Å². The average Bonchev–Trinajstić information content (AvgIpc) is 2.16. The van der Waals surface area contributed by atoms with Crippen molar-refractivity contribution in [1.29, 1.82) is 0 Å². The van der Waals surface area contributed by atoms with Gasteiger partial charge in [0.25, 0.3) is 0 Å². The fourth-order valence-corrected chi connectivity index (χ4v) is 2.95. The van der Waals surface area contributed by atoms with Gasteiger partial charge in [-0.3, -0.25) is 0 Å². The highest BCUT2D eigenvalue weighted by molar-refractivity contribution is 8.13. The van der Waals surface area contributed by atoms with E-state index in [1.807, 2.05) is 30.3 Å². The Kier molecular flexibility index (Phi) is 3.76. The molecule has 0 heterocycles. The van der Waals surface area contributed by atoms with Gasteiger partial charge in [0, 0.05) is 17.8 Å². The first-order valence-corrected chi connectivity index (χ1v) is 6.88. The second kappa shape index (κ2) is 4.51. The highest BCUT2D eigenvalue weighted by atomic mass is 35.7. The molecule has 5 heteroatoms. The molecule has 84 valence electrons. The van der Waals surface area contributed by atoms with E-state index in [0.717, 1.165) is 5.56 Å². The summed E-state index contributed by atoms with van der Waals surface area (Å²) in [5, 5.41) is 0. The predicted octanol–water partition coefficient (Wildman–Crippen LogP) is 2.12. The van der Waals surface area contributed by atoms with Crippen LogP contribution in [0.2, 0.25) is 0 Å². The van der Waals surface area contributed by atoms with Crippen molar-refractivity contribution in [3.8, 4) is 0 Å². The van der Waals surface area contributed by atoms with Gasteiger partial charge in [-0.2, -0.15) is 0 Å². The lowest BCUT2D eigenvalue weighted by Crippen LogP contribution is -2.31. The number of rotatable bonds is 4. The number of benzene rings is 1. The minimum Gasteiger partial charge on any atom is -0.373 e. The molecule has 0 bridgehead atoms. The van der Waals surface area contributed by atoms with Gasteiger partial charge in [0.2, 0.25) is 9.05 Å². The second-order valence-electron chi connectivity index (χ2n) is 3.48. The van der Waals surface area contributed by atoms with Gasteiger partial charge < -0.3 is 4.74 Å². The van der Waals surface area contributed by atoms with Crippen molar-refractivity contribution in [2.24, 2.45) is 0 Å². The van der Waals surface area contributed by atoms with E-state index in [0.29, 0.717) is 0 Å². The van der Waals surface area contributed by atoms with Crippen LogP contribution < -0.4 is 0 Å². The minimum atomic E-state index is -3.59. The third kappa shape index (κ3) is 3.48. The monoisotopic (exact) mass is 248 g/mol. The molecule has 0 spiro atoms. The molecule has 0 aliphatic carbocycles. The number of halogens is 1. The zero-order valence-corrected chi connectivity index (χ0v) is 10.2. The Morgan fingerprint density at radius 2 is 1.87 bits per heavy atom. The van der Waals surface area contributed by atoms with Crippen LogP contribution in [0.5, 0.6) is 0 Å². The molecule has 1 atom stereocenters. The topological polar surface area (TPSA) is 43.4 Å². The molecule has 3 nitrogen and oxygen atoms in total. The lowest BCUT2D eigenvalue weighted by atomic mass is 9.98. The van der Waals surface area contributed by atoms with Crippen LogP contribution in [0, 0.1) is 0 Å². The minimum absolute atomic E-state index is 0.248. The van der Waals surface area contributed by atoms with E-state index >= 15 is 0 Å². The summed E-state index contributed by atoms with van der Waals surface area (Å²) in [4.78, 5) is 0. The van der Waals surface area contributed by atoms with Crippen molar-refractivity contribution in [3.05, 3.63) is 35.9 Å². The molecule has 0 saturated heterocycles. The molecule has 0 aliphatic heterocycles. The summed E-state index contributed by atoms with van der Waals surface area (Å²) in [7, 11) is 3.11. The van der Waals surface area contributed by atoms with Crippen LogP contribution in [0.25, 0.3) is 0 Å². The second-order valence-corrected chi connectivity index (χ2v) is 6.26. The highest BCUT2D eigenvalue weighted by Gasteiger charge is 2.31. The third-order valence-corrected chi connectivity index (χ3v) is 3.51. The van der Waals surface area contributed by atoms with E-state index in [1.54, 1.807) is 6.92 Å². The van der Waals surface area contributed by atoms with Crippen LogP contribution >= 0.6 is 10.7 Å². The largest absolute Gasteiger partial charge is 0.373 e. The standard InChI is InChI=1S/C10H13ClO3S/c1-10(14-2,8-15(11,12)13)9-6-4-3-5-7-9/h3-7H,8H2,1-2H3/t10-/m0/s1. The zero-order valence-electron chi connectivity index (χ0n) is 8.60. The molecule has 0 unspecified atom stereocenters. The Hall–Kier alpha value is -0.580. The average molecular weight is 249 g/mol. The zero-order chi connectivity index (χ0) is 11.5. The summed E-state index contributed by atoms with van der Waals surface area (Å²) in [6, 6.07) is 9.13. The van der Waals surface area contributed by atoms with E-state index in [2.05, 4.69) is 0 Å². The van der Waals surface area contributed by atoms with Crippen molar-refractivity contribution in [3.63, 3.8) is 0 Å². The summed E-state index contributed by atoms with van der Waals surface area (Å²) < 4.78 is 27.4. The summed E-state index contributed by atoms with van der Waals surface area (Å²) in [5.41, 5.74) is -0.112. The van der Waals surface area contributed by atoms with Crippen molar-refractivity contribution in [1.82, 2.24) is 0 Å². The maximum Gasteiger partial charge on any atom is 0.235 e. The summed E-state index contributed by atoms with van der Waals surface area (Å²) in [5.74, 6) is -0.248. The fraction of sp³-hybridized carbons (Fsp3) is 0.400. The van der Waals surface area contributed by atoms with E-state index in [1.165, 1.54) is 7.11 Å². The van der Waals surface area contributed by atoms with Gasteiger partial charge in [-0.25, -0.2) is 8.42 Å². The molecule has 0 N–H and O–H groups in total. The first kappa shape index (κ1) is 12.5. The quantitative estimate of drug-likeness (QED) is 0.767. The Balaban J connectivity index is 3.06. The molecule has 0 aromatic heterocycles. The molecule has 0 saturated carbocycles. The molecule has 1 rings (SSSR count). The molecule has 0 amide bonds. The number of methoxy groups -OCH3 is 1. The number of hydrogen-bond donors (Lipinski definition) is 0. The van der Waals surface area contributed by atoms with E-state index < -0.39 is 14.7 Å². The molecular formula is C10H13ClO3S. The van der Waals surface area contributed by atoms with Crippen LogP contribution in [0.3, 0.4) is 0 Å². The van der Waals surface area contributed by atoms with Gasteiger partial charge in [0.05, 0.1) is 5.75 Å². The lowest BCUT2D eigenvalue weighted by Gasteiger charge is -2.27. The normalized spacial score (nSPS) is 15.9. The Morgan fingerprint density at radius 3 is 2.27 bits per heavy atom. The van der Waals surface area contributed by atoms with Gasteiger partial charge in [0.1, 0.15) is 5.60 Å². The van der Waals surface area contributed by atoms with Crippen LogP contribution in [0.1, 0.15) is 12.5 Å². The van der Waals surface area contributed by atoms with E-state index in [9.17, 15) is 8.42 Å². The summed E-state index contributed by atoms with van der Waals surface area (Å²) >= 11 is 0. The van der Waals surface area contributed by atoms with Crippen molar-refractivity contribution in [2.45, 2.75) is 12.5 Å². The van der Waals surface area contributed by atoms with Gasteiger partial charge >= 0.3 is 0 Å². The molecule has 1 aromatic carbocycles. The van der Waals surface area contributed by atoms with Crippen LogP contribution in [-0.4, -0.2) is 21.3 Å². The van der Waals surface area contributed by atoms with Crippen molar-refractivity contribution in [2.75, 3.05) is 12.9 Å². The summed E-state index contributed by atoms with van der Waals surface area (Å²) in [6.07, 6.45) is 0. The Morgan fingerprint density at radius 1 is 1.33 bits per heavy atom. The third-order valence-electron chi connectivity index (χ3n) is 2.28. The van der Waals surface area contributed by atoms with Crippen molar-refractivity contribution < 1.29 is 13.2 Å². The van der Waals surface area contributed by atoms with Gasteiger partial charge in [-0.1, -0.05) is 30.3 Å². The number of hydrogen-bond acceptors (Lipinski definition) is 3. The Labute approximate surface area is 94.4 Å².